The van der Waals surface area contributed by atoms with Crippen LogP contribution in [0.15, 0.2) is 49.1 Å². The molecule has 0 aromatic rings. The summed E-state index contributed by atoms with van der Waals surface area (Å²) in [7, 11) is 4.32. The minimum atomic E-state index is 0.199. The number of hydrogen-bond donors (Lipinski definition) is 0. The first kappa shape index (κ1) is 47.4. The van der Waals surface area contributed by atoms with Crippen molar-refractivity contribution in [1.82, 2.24) is 9.80 Å². The second-order valence-corrected chi connectivity index (χ2v) is 15.0. The molecular formula is C46H86N2O. The SMILES string of the molecule is C=CC/C=C\CCCCCCCCC(CCCCCCCC/C=C\C/C=C\CCCCC)N(CCCN(C)C)C(=O)C(CC)CCCCC. The van der Waals surface area contributed by atoms with Gasteiger partial charge in [0.25, 0.3) is 0 Å². The fourth-order valence-corrected chi connectivity index (χ4v) is 6.89. The van der Waals surface area contributed by atoms with E-state index in [0.29, 0.717) is 11.9 Å². The van der Waals surface area contributed by atoms with E-state index in [-0.39, 0.29) is 5.92 Å². The quantitative estimate of drug-likeness (QED) is 0.0481. The number of hydrogen-bond acceptors (Lipinski definition) is 2. The highest BCUT2D eigenvalue weighted by Crippen LogP contribution is 2.24. The molecule has 0 aromatic heterocycles. The summed E-state index contributed by atoms with van der Waals surface area (Å²) < 4.78 is 0. The zero-order valence-corrected chi connectivity index (χ0v) is 33.9. The Morgan fingerprint density at radius 2 is 0.980 bits per heavy atom. The predicted octanol–water partition coefficient (Wildman–Crippen LogP) is 14.2. The van der Waals surface area contributed by atoms with Crippen LogP contribution in [0.2, 0.25) is 0 Å². The summed E-state index contributed by atoms with van der Waals surface area (Å²) in [5, 5.41) is 0. The average molecular weight is 683 g/mol. The zero-order valence-electron chi connectivity index (χ0n) is 33.9. The van der Waals surface area contributed by atoms with Crippen LogP contribution in [-0.4, -0.2) is 48.9 Å². The van der Waals surface area contributed by atoms with Gasteiger partial charge in [-0.2, -0.15) is 0 Å². The molecule has 0 aliphatic carbocycles. The van der Waals surface area contributed by atoms with Gasteiger partial charge in [0, 0.05) is 18.5 Å². The Labute approximate surface area is 308 Å². The largest absolute Gasteiger partial charge is 0.339 e. The molecule has 0 aromatic carbocycles. The van der Waals surface area contributed by atoms with Gasteiger partial charge in [0.1, 0.15) is 0 Å². The van der Waals surface area contributed by atoms with Crippen molar-refractivity contribution in [3.8, 4) is 0 Å². The highest BCUT2D eigenvalue weighted by molar-refractivity contribution is 5.79. The average Bonchev–Trinajstić information content (AvgIpc) is 3.09. The third-order valence-electron chi connectivity index (χ3n) is 10.1. The second-order valence-electron chi connectivity index (χ2n) is 15.0. The van der Waals surface area contributed by atoms with Gasteiger partial charge in [-0.15, -0.1) is 6.58 Å². The maximum Gasteiger partial charge on any atom is 0.225 e. The lowest BCUT2D eigenvalue weighted by Crippen LogP contribution is -2.45. The second kappa shape index (κ2) is 37.6. The first-order chi connectivity index (χ1) is 24.0. The number of rotatable bonds is 37. The fraction of sp³-hybridized carbons (Fsp3) is 0.804. The van der Waals surface area contributed by atoms with Crippen LogP contribution in [0.1, 0.15) is 201 Å². The molecule has 2 unspecified atom stereocenters. The van der Waals surface area contributed by atoms with E-state index < -0.39 is 0 Å². The van der Waals surface area contributed by atoms with E-state index in [0.717, 1.165) is 45.2 Å². The maximum absolute atomic E-state index is 14.2. The van der Waals surface area contributed by atoms with Gasteiger partial charge in [-0.05, 0) is 104 Å². The first-order valence-electron chi connectivity index (χ1n) is 21.5. The molecule has 0 aliphatic rings. The molecule has 0 saturated heterocycles. The summed E-state index contributed by atoms with van der Waals surface area (Å²) >= 11 is 0. The Morgan fingerprint density at radius 1 is 0.531 bits per heavy atom. The Hall–Kier alpha value is -1.61. The van der Waals surface area contributed by atoms with E-state index in [1.165, 1.54) is 148 Å². The molecule has 0 radical (unpaired) electrons. The van der Waals surface area contributed by atoms with E-state index >= 15 is 0 Å². The Balaban J connectivity index is 4.91. The summed E-state index contributed by atoms with van der Waals surface area (Å²) in [4.78, 5) is 18.8. The number of amides is 1. The third kappa shape index (κ3) is 30.9. The minimum absolute atomic E-state index is 0.199. The van der Waals surface area contributed by atoms with Gasteiger partial charge >= 0.3 is 0 Å². The van der Waals surface area contributed by atoms with E-state index in [4.69, 9.17) is 0 Å². The summed E-state index contributed by atoms with van der Waals surface area (Å²) in [5.41, 5.74) is 0. The molecule has 3 nitrogen and oxygen atoms in total. The van der Waals surface area contributed by atoms with Crippen LogP contribution in [0.3, 0.4) is 0 Å². The standard InChI is InChI=1S/C46H86N2O/c1-7-11-14-16-18-20-22-23-24-25-26-28-30-32-34-37-41-45(40-36-33-31-29-27-21-19-17-15-12-8-2)48(43-38-42-47(5)6)46(49)44(10-4)39-35-13-9-3/h8,15,17-18,20,23-24,44-45H,2,7,9-14,16,19,21-22,25-43H2,1,3-6H3/b17-15-,20-18-,24-23-. The normalized spacial score (nSPS) is 13.3. The first-order valence-corrected chi connectivity index (χ1v) is 21.5. The fourth-order valence-electron chi connectivity index (χ4n) is 6.89. The topological polar surface area (TPSA) is 23.6 Å². The lowest BCUT2D eigenvalue weighted by molar-refractivity contribution is -0.139. The van der Waals surface area contributed by atoms with E-state index in [1.807, 2.05) is 6.08 Å². The minimum Gasteiger partial charge on any atom is -0.339 e. The summed E-state index contributed by atoms with van der Waals surface area (Å²) in [6.45, 7) is 12.5. The van der Waals surface area contributed by atoms with Crippen molar-refractivity contribution < 1.29 is 4.79 Å². The lowest BCUT2D eigenvalue weighted by Gasteiger charge is -2.35. The summed E-state index contributed by atoms with van der Waals surface area (Å²) in [5.74, 6) is 0.664. The molecule has 0 spiro atoms. The highest BCUT2D eigenvalue weighted by Gasteiger charge is 2.28. The van der Waals surface area contributed by atoms with Gasteiger partial charge in [0.05, 0.1) is 0 Å². The van der Waals surface area contributed by atoms with Crippen molar-refractivity contribution in [1.29, 1.82) is 0 Å². The van der Waals surface area contributed by atoms with Gasteiger partial charge in [0.15, 0.2) is 0 Å². The highest BCUT2D eigenvalue weighted by atomic mass is 16.2. The van der Waals surface area contributed by atoms with Crippen LogP contribution in [0, 0.1) is 5.92 Å². The molecular weight excluding hydrogens is 597 g/mol. The van der Waals surface area contributed by atoms with Crippen molar-refractivity contribution in [3.63, 3.8) is 0 Å². The molecule has 0 bridgehead atoms. The molecule has 0 N–H and O–H groups in total. The molecule has 1 amide bonds. The number of nitrogens with zero attached hydrogens (tertiary/aromatic N) is 2. The number of carbonyl (C=O) groups excluding carboxylic acids is 1. The molecule has 0 saturated carbocycles. The molecule has 0 aliphatic heterocycles. The van der Waals surface area contributed by atoms with Crippen LogP contribution in [-0.2, 0) is 4.79 Å². The number of unbranched alkanes of at least 4 members (excludes halogenated alkanes) is 17. The molecule has 3 heteroatoms. The van der Waals surface area contributed by atoms with Crippen molar-refractivity contribution in [2.45, 2.75) is 207 Å². The van der Waals surface area contributed by atoms with Crippen molar-refractivity contribution in [3.05, 3.63) is 49.1 Å². The van der Waals surface area contributed by atoms with Gasteiger partial charge in [0.2, 0.25) is 5.91 Å². The van der Waals surface area contributed by atoms with E-state index in [1.54, 1.807) is 0 Å². The van der Waals surface area contributed by atoms with Crippen LogP contribution >= 0.6 is 0 Å². The van der Waals surface area contributed by atoms with Gasteiger partial charge in [-0.3, -0.25) is 4.79 Å². The van der Waals surface area contributed by atoms with Crippen LogP contribution in [0.25, 0.3) is 0 Å². The zero-order chi connectivity index (χ0) is 36.0. The number of carbonyl (C=O) groups is 1. The van der Waals surface area contributed by atoms with Crippen molar-refractivity contribution in [2.75, 3.05) is 27.2 Å². The molecule has 0 heterocycles. The van der Waals surface area contributed by atoms with Crippen LogP contribution in [0.5, 0.6) is 0 Å². The monoisotopic (exact) mass is 683 g/mol. The van der Waals surface area contributed by atoms with Crippen molar-refractivity contribution >= 4 is 5.91 Å². The predicted molar refractivity (Wildman–Crippen MR) is 221 cm³/mol. The lowest BCUT2D eigenvalue weighted by atomic mass is 9.93. The van der Waals surface area contributed by atoms with E-state index in [2.05, 4.69) is 87.7 Å². The molecule has 286 valence electrons. The Morgan fingerprint density at radius 3 is 1.47 bits per heavy atom. The Bertz CT molecular complexity index is 797. The van der Waals surface area contributed by atoms with Crippen LogP contribution in [0.4, 0.5) is 0 Å². The summed E-state index contributed by atoms with van der Waals surface area (Å²) in [6.07, 6.45) is 50.6. The third-order valence-corrected chi connectivity index (χ3v) is 10.1. The maximum atomic E-state index is 14.2. The van der Waals surface area contributed by atoms with Gasteiger partial charge in [-0.1, -0.05) is 160 Å². The summed E-state index contributed by atoms with van der Waals surface area (Å²) in [6, 6.07) is 0.413. The van der Waals surface area contributed by atoms with Gasteiger partial charge in [-0.25, -0.2) is 0 Å². The molecule has 49 heavy (non-hydrogen) atoms. The van der Waals surface area contributed by atoms with E-state index in [9.17, 15) is 4.79 Å². The van der Waals surface area contributed by atoms with Gasteiger partial charge < -0.3 is 9.80 Å². The smallest absolute Gasteiger partial charge is 0.225 e. The van der Waals surface area contributed by atoms with Crippen LogP contribution < -0.4 is 0 Å². The Kier molecular flexibility index (Phi) is 36.4. The molecule has 2 atom stereocenters. The molecule has 0 fully saturated rings. The molecule has 0 rings (SSSR count). The van der Waals surface area contributed by atoms with Crippen molar-refractivity contribution in [2.24, 2.45) is 5.92 Å². The number of allylic oxidation sites excluding steroid dienone is 7.